The van der Waals surface area contributed by atoms with Crippen molar-refractivity contribution in [3.05, 3.63) is 231 Å². The summed E-state index contributed by atoms with van der Waals surface area (Å²) in [5.74, 6) is 0. The smallest absolute Gasteiger partial charge is 0.0638 e. The van der Waals surface area contributed by atoms with E-state index in [-0.39, 0.29) is 80.4 Å². The van der Waals surface area contributed by atoms with Crippen LogP contribution in [0.2, 0.25) is 0 Å². The zero-order valence-corrected chi connectivity index (χ0v) is 38.9. The summed E-state index contributed by atoms with van der Waals surface area (Å²) in [6.45, 7) is 0. The molecule has 4 nitrogen and oxygen atoms in total. The van der Waals surface area contributed by atoms with Crippen molar-refractivity contribution in [3.8, 4) is 45.0 Å². The van der Waals surface area contributed by atoms with Crippen LogP contribution in [-0.4, -0.2) is 19.9 Å². The number of nitrogens with zero attached hydrogens (tertiary/aromatic N) is 4. The summed E-state index contributed by atoms with van der Waals surface area (Å²) < 4.78 is 37.1. The molecule has 0 aliphatic carbocycles. The molecule has 9 rings (SSSR count). The SMILES string of the molecule is [2H]c1cc[c-]c(-c2ccccn2)c1.[2H]c1cc[c-]c(-c2nccc3ccccc23)c1.[2H]c1ccc(-c2[c-]ccc([2H])c2)nc1.[2H]c1ccc(-c2[c-]cccc2)nc1.[Ir].[Ir].[Ir].[Ir]. The molecule has 0 atom stereocenters. The predicted octanol–water partition coefficient (Wildman–Crippen LogP) is 11.3. The Kier molecular flexibility index (Phi) is 19.3. The van der Waals surface area contributed by atoms with Crippen molar-refractivity contribution < 1.29 is 87.3 Å². The Hall–Kier alpha value is -4.44. The van der Waals surface area contributed by atoms with Crippen LogP contribution < -0.4 is 0 Å². The molecule has 0 fully saturated rings. The Morgan fingerprint density at radius 1 is 0.339 bits per heavy atom. The van der Waals surface area contributed by atoms with Gasteiger partial charge in [0.15, 0.2) is 0 Å². The van der Waals surface area contributed by atoms with Crippen molar-refractivity contribution in [2.45, 2.75) is 0 Å². The first-order chi connectivity index (χ1) is 27.8. The van der Waals surface area contributed by atoms with Gasteiger partial charge in [-0.3, -0.25) is 0 Å². The normalized spacial score (nSPS) is 10.5. The van der Waals surface area contributed by atoms with E-state index in [1.165, 1.54) is 12.4 Å². The average molecular weight is 1440 g/mol. The van der Waals surface area contributed by atoms with Crippen molar-refractivity contribution >= 4 is 10.8 Å². The molecule has 0 aliphatic rings. The van der Waals surface area contributed by atoms with Gasteiger partial charge < -0.3 is 19.9 Å². The molecule has 0 amide bonds. The van der Waals surface area contributed by atoms with Gasteiger partial charge in [-0.2, -0.15) is 0 Å². The Morgan fingerprint density at radius 3 is 1.30 bits per heavy atom. The molecule has 5 aromatic carbocycles. The summed E-state index contributed by atoms with van der Waals surface area (Å²) in [5, 5.41) is 2.25. The molecule has 4 radical (unpaired) electrons. The number of fused-ring (bicyclic) bond motifs is 1. The molecule has 0 saturated heterocycles. The molecule has 4 heterocycles. The van der Waals surface area contributed by atoms with Crippen molar-refractivity contribution in [2.24, 2.45) is 0 Å². The van der Waals surface area contributed by atoms with Crippen LogP contribution in [0, 0.1) is 24.3 Å². The van der Waals surface area contributed by atoms with Crippen LogP contribution in [0.15, 0.2) is 207 Å². The van der Waals surface area contributed by atoms with Crippen molar-refractivity contribution in [3.63, 3.8) is 0 Å². The van der Waals surface area contributed by atoms with E-state index >= 15 is 0 Å². The summed E-state index contributed by atoms with van der Waals surface area (Å²) in [7, 11) is 0. The molecule has 9 aromatic rings. The van der Waals surface area contributed by atoms with Crippen LogP contribution in [0.3, 0.4) is 0 Å². The van der Waals surface area contributed by atoms with Gasteiger partial charge in [-0.1, -0.05) is 60.7 Å². The molecule has 0 spiro atoms. The van der Waals surface area contributed by atoms with E-state index in [0.717, 1.165) is 55.8 Å². The van der Waals surface area contributed by atoms with Gasteiger partial charge in [0.05, 0.1) is 2.74 Å². The Labute approximate surface area is 390 Å². The summed E-state index contributed by atoms with van der Waals surface area (Å²) in [4.78, 5) is 16.8. The van der Waals surface area contributed by atoms with E-state index in [1.807, 2.05) is 72.8 Å². The maximum atomic E-state index is 7.65. The van der Waals surface area contributed by atoms with Gasteiger partial charge >= 0.3 is 0 Å². The van der Waals surface area contributed by atoms with Gasteiger partial charge in [0.1, 0.15) is 0 Å². The zero-order valence-electron chi connectivity index (χ0n) is 34.4. The molecule has 0 unspecified atom stereocenters. The number of benzene rings is 5. The maximum Gasteiger partial charge on any atom is 0.0638 e. The fourth-order valence-electron chi connectivity index (χ4n) is 4.86. The van der Waals surface area contributed by atoms with E-state index in [1.54, 1.807) is 85.2 Å². The second-order valence-corrected chi connectivity index (χ2v) is 10.8. The maximum absolute atomic E-state index is 7.65. The minimum absolute atomic E-state index is 0. The molecule has 56 heavy (non-hydrogen) atoms. The van der Waals surface area contributed by atoms with E-state index < -0.39 is 0 Å². The summed E-state index contributed by atoms with van der Waals surface area (Å²) >= 11 is 0. The van der Waals surface area contributed by atoms with Gasteiger partial charge in [0, 0.05) is 109 Å². The molecular formula is C48H34Ir4N4-4. The molecule has 0 N–H and O–H groups in total. The van der Waals surface area contributed by atoms with Crippen LogP contribution >= 0.6 is 0 Å². The van der Waals surface area contributed by atoms with E-state index in [9.17, 15) is 0 Å². The number of rotatable bonds is 4. The van der Waals surface area contributed by atoms with Gasteiger partial charge in [-0.05, 0) is 57.8 Å². The molecule has 0 bridgehead atoms. The summed E-state index contributed by atoms with van der Waals surface area (Å²) in [6.07, 6.45) is 6.55. The Bertz CT molecular complexity index is 2640. The van der Waals surface area contributed by atoms with Crippen LogP contribution in [0.25, 0.3) is 55.8 Å². The minimum Gasteiger partial charge on any atom is -0.305 e. The summed E-state index contributed by atoms with van der Waals surface area (Å²) in [5.41, 5.74) is 6.84. The van der Waals surface area contributed by atoms with Crippen molar-refractivity contribution in [1.82, 2.24) is 19.9 Å². The number of aromatic nitrogens is 4. The fourth-order valence-corrected chi connectivity index (χ4v) is 4.86. The molecule has 4 aromatic heterocycles. The molecule has 286 valence electrons. The zero-order chi connectivity index (χ0) is 39.8. The number of pyridine rings is 4. The quantitative estimate of drug-likeness (QED) is 0.165. The molecule has 0 saturated carbocycles. The fraction of sp³-hybridized carbons (Fsp3) is 0. The first-order valence-corrected chi connectivity index (χ1v) is 16.4. The Morgan fingerprint density at radius 2 is 0.804 bits per heavy atom. The second kappa shape index (κ2) is 27.2. The van der Waals surface area contributed by atoms with Crippen LogP contribution in [-0.2, 0) is 80.4 Å². The van der Waals surface area contributed by atoms with E-state index in [0.29, 0.717) is 30.2 Å². The van der Waals surface area contributed by atoms with Crippen LogP contribution in [0.1, 0.15) is 6.85 Å². The Balaban J connectivity index is 0.000000276. The van der Waals surface area contributed by atoms with Gasteiger partial charge in [0.25, 0.3) is 0 Å². The standard InChI is InChI=1S/C15H10N.3C11H8N.4Ir/c1-2-7-13(8-3-1)15-14-9-5-4-6-12(14)10-11-16-15;3*1-2-6-10(7-3-1)11-8-4-5-9-12-11;;;;/h1-7,9-11H;3*1-6,8-9H;;;;/q4*-1;;;;/i2D;2D,5D;5D;2D;;;;. The number of hydrogen-bond donors (Lipinski definition) is 0. The first kappa shape index (κ1) is 39.8. The van der Waals surface area contributed by atoms with Crippen molar-refractivity contribution in [2.75, 3.05) is 0 Å². The monoisotopic (exact) mass is 1440 g/mol. The second-order valence-electron chi connectivity index (χ2n) is 10.8. The third-order valence-electron chi connectivity index (χ3n) is 7.30. The van der Waals surface area contributed by atoms with Crippen molar-refractivity contribution in [1.29, 1.82) is 0 Å². The topological polar surface area (TPSA) is 51.6 Å². The largest absolute Gasteiger partial charge is 0.305 e. The van der Waals surface area contributed by atoms with Crippen LogP contribution in [0.4, 0.5) is 0 Å². The van der Waals surface area contributed by atoms with E-state index in [4.69, 9.17) is 6.85 Å². The van der Waals surface area contributed by atoms with E-state index in [2.05, 4.69) is 50.3 Å². The molecule has 8 heteroatoms. The predicted molar refractivity (Wildman–Crippen MR) is 212 cm³/mol. The minimum atomic E-state index is 0. The van der Waals surface area contributed by atoms with Gasteiger partial charge in [0.2, 0.25) is 0 Å². The van der Waals surface area contributed by atoms with Crippen LogP contribution in [0.5, 0.6) is 0 Å². The molecule has 0 aliphatic heterocycles. The average Bonchev–Trinajstić information content (AvgIpc) is 3.25. The first-order valence-electron chi connectivity index (χ1n) is 18.9. The number of hydrogen-bond acceptors (Lipinski definition) is 4. The molecular weight excluding hydrogens is 1400 g/mol. The third kappa shape index (κ3) is 14.9. The third-order valence-corrected chi connectivity index (χ3v) is 7.30. The summed E-state index contributed by atoms with van der Waals surface area (Å²) in [6, 6.07) is 60.5. The van der Waals surface area contributed by atoms with Gasteiger partial charge in [-0.25, -0.2) is 0 Å². The van der Waals surface area contributed by atoms with Gasteiger partial charge in [-0.15, -0.1) is 144 Å².